The van der Waals surface area contributed by atoms with E-state index in [1.165, 1.54) is 4.68 Å². The predicted octanol–water partition coefficient (Wildman–Crippen LogP) is 2.70. The molecule has 2 heterocycles. The summed E-state index contributed by atoms with van der Waals surface area (Å²) in [6.45, 7) is 5.78. The molecule has 2 rings (SSSR count). The van der Waals surface area contributed by atoms with Gasteiger partial charge >= 0.3 is 0 Å². The molecule has 0 saturated carbocycles. The number of aromatic nitrogens is 4. The first-order valence-electron chi connectivity index (χ1n) is 6.12. The maximum Gasteiger partial charge on any atom is 0.252 e. The maximum absolute atomic E-state index is 11.1. The topological polar surface area (TPSA) is 60.7 Å². The van der Waals surface area contributed by atoms with Crippen molar-refractivity contribution in [3.63, 3.8) is 0 Å². The Hall–Kier alpha value is -1.75. The van der Waals surface area contributed by atoms with Crippen LogP contribution in [-0.4, -0.2) is 26.0 Å². The molecule has 6 heteroatoms. The number of rotatable bonds is 4. The molecule has 0 aliphatic rings. The molecule has 0 fully saturated rings. The van der Waals surface area contributed by atoms with Gasteiger partial charge in [0.1, 0.15) is 5.15 Å². The number of carbonyl (C=O) groups is 1. The van der Waals surface area contributed by atoms with Crippen molar-refractivity contribution >= 4 is 17.9 Å². The van der Waals surface area contributed by atoms with Crippen molar-refractivity contribution in [1.29, 1.82) is 0 Å². The van der Waals surface area contributed by atoms with Gasteiger partial charge < -0.3 is 0 Å². The number of aldehydes is 1. The number of carbonyl (C=O) groups excluding carboxylic acids is 1. The number of hydrogen-bond acceptors (Lipinski definition) is 4. The van der Waals surface area contributed by atoms with E-state index in [4.69, 9.17) is 11.6 Å². The van der Waals surface area contributed by atoms with Crippen LogP contribution in [0.2, 0.25) is 5.15 Å². The minimum atomic E-state index is 0.267. The summed E-state index contributed by atoms with van der Waals surface area (Å²) in [4.78, 5) is 19.7. The summed E-state index contributed by atoms with van der Waals surface area (Å²) in [5, 5.41) is 4.62. The second-order valence-corrected chi connectivity index (χ2v) is 4.74. The highest BCUT2D eigenvalue weighted by molar-refractivity contribution is 6.32. The van der Waals surface area contributed by atoms with Gasteiger partial charge in [0.25, 0.3) is 5.95 Å². The molecular formula is C13H15ClN4O. The van der Waals surface area contributed by atoms with E-state index in [0.717, 1.165) is 24.1 Å². The summed E-state index contributed by atoms with van der Waals surface area (Å²) in [5.41, 5.74) is 2.77. The first-order valence-corrected chi connectivity index (χ1v) is 6.49. The van der Waals surface area contributed by atoms with Crippen molar-refractivity contribution in [2.75, 3.05) is 0 Å². The quantitative estimate of drug-likeness (QED) is 0.807. The lowest BCUT2D eigenvalue weighted by Crippen LogP contribution is -2.06. The standard InChI is InChI=1S/C13H15ClN4O/c1-4-5-11-10(7-19)12(14)18(17-11)13-15-8(2)6-9(3)16-13/h6-7H,4-5H2,1-3H3. The fraction of sp³-hybridized carbons (Fsp3) is 0.385. The van der Waals surface area contributed by atoms with Crippen LogP contribution in [0.5, 0.6) is 0 Å². The van der Waals surface area contributed by atoms with E-state index in [0.29, 0.717) is 23.6 Å². The summed E-state index contributed by atoms with van der Waals surface area (Å²) in [6.07, 6.45) is 2.33. The van der Waals surface area contributed by atoms with Crippen molar-refractivity contribution < 1.29 is 4.79 Å². The molecule has 0 saturated heterocycles. The van der Waals surface area contributed by atoms with Crippen molar-refractivity contribution in [2.24, 2.45) is 0 Å². The number of hydrogen-bond donors (Lipinski definition) is 0. The van der Waals surface area contributed by atoms with E-state index in [1.807, 2.05) is 26.8 Å². The van der Waals surface area contributed by atoms with Gasteiger partial charge in [-0.1, -0.05) is 24.9 Å². The normalized spacial score (nSPS) is 10.7. The van der Waals surface area contributed by atoms with Crippen LogP contribution < -0.4 is 0 Å². The third kappa shape index (κ3) is 2.66. The molecule has 0 atom stereocenters. The molecule has 0 unspecified atom stereocenters. The van der Waals surface area contributed by atoms with E-state index in [-0.39, 0.29) is 5.15 Å². The van der Waals surface area contributed by atoms with Gasteiger partial charge in [0.15, 0.2) is 6.29 Å². The maximum atomic E-state index is 11.1. The molecule has 0 aromatic carbocycles. The highest BCUT2D eigenvalue weighted by Crippen LogP contribution is 2.22. The summed E-state index contributed by atoms with van der Waals surface area (Å²) < 4.78 is 1.43. The Morgan fingerprint density at radius 1 is 1.32 bits per heavy atom. The van der Waals surface area contributed by atoms with Crippen molar-refractivity contribution in [3.8, 4) is 5.95 Å². The molecule has 0 aliphatic carbocycles. The molecule has 5 nitrogen and oxygen atoms in total. The Kier molecular flexibility index (Phi) is 3.95. The molecule has 0 amide bonds. The van der Waals surface area contributed by atoms with Crippen molar-refractivity contribution in [2.45, 2.75) is 33.6 Å². The van der Waals surface area contributed by atoms with Gasteiger partial charge in [-0.3, -0.25) is 4.79 Å². The van der Waals surface area contributed by atoms with Crippen LogP contribution in [0.15, 0.2) is 6.07 Å². The molecule has 19 heavy (non-hydrogen) atoms. The smallest absolute Gasteiger partial charge is 0.252 e. The molecule has 0 aliphatic heterocycles. The molecular weight excluding hydrogens is 264 g/mol. The van der Waals surface area contributed by atoms with E-state index in [1.54, 1.807) is 0 Å². The second-order valence-electron chi connectivity index (χ2n) is 4.38. The van der Waals surface area contributed by atoms with Gasteiger partial charge in [-0.2, -0.15) is 9.78 Å². The summed E-state index contributed by atoms with van der Waals surface area (Å²) in [7, 11) is 0. The van der Waals surface area contributed by atoms with E-state index < -0.39 is 0 Å². The Morgan fingerprint density at radius 3 is 2.47 bits per heavy atom. The molecule has 0 radical (unpaired) electrons. The Balaban J connectivity index is 2.58. The lowest BCUT2D eigenvalue weighted by Gasteiger charge is -2.03. The largest absolute Gasteiger partial charge is 0.298 e. The van der Waals surface area contributed by atoms with E-state index in [2.05, 4.69) is 15.1 Å². The predicted molar refractivity (Wildman–Crippen MR) is 73.0 cm³/mol. The van der Waals surface area contributed by atoms with Gasteiger partial charge in [0.05, 0.1) is 11.3 Å². The average molecular weight is 279 g/mol. The highest BCUT2D eigenvalue weighted by atomic mass is 35.5. The number of aryl methyl sites for hydroxylation is 3. The van der Waals surface area contributed by atoms with Crippen LogP contribution in [0.3, 0.4) is 0 Å². The monoisotopic (exact) mass is 278 g/mol. The first kappa shape index (κ1) is 13.7. The van der Waals surface area contributed by atoms with Gasteiger partial charge in [0, 0.05) is 11.4 Å². The second kappa shape index (κ2) is 5.48. The zero-order valence-corrected chi connectivity index (χ0v) is 11.9. The van der Waals surface area contributed by atoms with Gasteiger partial charge in [-0.05, 0) is 26.3 Å². The SMILES string of the molecule is CCCc1nn(-c2nc(C)cc(C)n2)c(Cl)c1C=O. The Labute approximate surface area is 116 Å². The third-order valence-electron chi connectivity index (χ3n) is 2.70. The minimum absolute atomic E-state index is 0.267. The number of halogens is 1. The zero-order chi connectivity index (χ0) is 14.0. The van der Waals surface area contributed by atoms with Crippen LogP contribution >= 0.6 is 11.6 Å². The third-order valence-corrected chi connectivity index (χ3v) is 3.07. The van der Waals surface area contributed by atoms with Crippen LogP contribution in [0.4, 0.5) is 0 Å². The zero-order valence-electron chi connectivity index (χ0n) is 11.1. The molecule has 0 N–H and O–H groups in total. The Morgan fingerprint density at radius 2 is 1.95 bits per heavy atom. The van der Waals surface area contributed by atoms with Crippen molar-refractivity contribution in [3.05, 3.63) is 33.9 Å². The Bertz CT molecular complexity index is 601. The summed E-state index contributed by atoms with van der Waals surface area (Å²) in [6, 6.07) is 1.87. The highest BCUT2D eigenvalue weighted by Gasteiger charge is 2.18. The van der Waals surface area contributed by atoms with Gasteiger partial charge in [-0.15, -0.1) is 0 Å². The van der Waals surface area contributed by atoms with Crippen LogP contribution in [0.1, 0.15) is 40.8 Å². The molecule has 0 spiro atoms. The fourth-order valence-corrected chi connectivity index (χ4v) is 2.19. The van der Waals surface area contributed by atoms with E-state index in [9.17, 15) is 4.79 Å². The van der Waals surface area contributed by atoms with Gasteiger partial charge in [-0.25, -0.2) is 9.97 Å². The van der Waals surface area contributed by atoms with Crippen LogP contribution in [0, 0.1) is 13.8 Å². The molecule has 2 aromatic rings. The molecule has 2 aromatic heterocycles. The van der Waals surface area contributed by atoms with E-state index >= 15 is 0 Å². The van der Waals surface area contributed by atoms with Crippen molar-refractivity contribution in [1.82, 2.24) is 19.7 Å². The molecule has 0 bridgehead atoms. The van der Waals surface area contributed by atoms with Crippen LogP contribution in [-0.2, 0) is 6.42 Å². The summed E-state index contributed by atoms with van der Waals surface area (Å²) in [5.74, 6) is 0.396. The lowest BCUT2D eigenvalue weighted by molar-refractivity contribution is 0.112. The number of nitrogens with zero attached hydrogens (tertiary/aromatic N) is 4. The van der Waals surface area contributed by atoms with Gasteiger partial charge in [0.2, 0.25) is 0 Å². The summed E-state index contributed by atoms with van der Waals surface area (Å²) >= 11 is 6.19. The van der Waals surface area contributed by atoms with Crippen LogP contribution in [0.25, 0.3) is 5.95 Å². The molecule has 100 valence electrons. The minimum Gasteiger partial charge on any atom is -0.298 e. The lowest BCUT2D eigenvalue weighted by atomic mass is 10.2. The first-order chi connectivity index (χ1) is 9.06. The fourth-order valence-electron chi connectivity index (χ4n) is 1.92. The average Bonchev–Trinajstić information content (AvgIpc) is 2.65.